The predicted octanol–water partition coefficient (Wildman–Crippen LogP) is 2.92. The van der Waals surface area contributed by atoms with E-state index in [2.05, 4.69) is 31.2 Å². The van der Waals surface area contributed by atoms with Crippen molar-refractivity contribution in [3.05, 3.63) is 64.5 Å². The molecule has 1 N–H and O–H groups in total. The standard InChI is InChI=1S/C14H12BrFN4/c15-13-9-20-11(7-19-14(20)8-18-13)6-17-5-10-3-1-2-4-12(10)16/h1-4,7-9,17H,5-6H2. The van der Waals surface area contributed by atoms with E-state index in [0.717, 1.165) is 15.9 Å². The number of nitrogens with one attached hydrogen (secondary N) is 1. The van der Waals surface area contributed by atoms with Crippen molar-refractivity contribution >= 4 is 21.6 Å². The molecule has 4 nitrogen and oxygen atoms in total. The Hall–Kier alpha value is -1.79. The molecular weight excluding hydrogens is 323 g/mol. The van der Waals surface area contributed by atoms with E-state index in [1.54, 1.807) is 24.5 Å². The molecule has 0 aliphatic carbocycles. The molecule has 0 aliphatic rings. The van der Waals surface area contributed by atoms with Crippen LogP contribution in [-0.2, 0) is 13.1 Å². The molecule has 0 radical (unpaired) electrons. The number of halogens is 2. The summed E-state index contributed by atoms with van der Waals surface area (Å²) >= 11 is 3.34. The minimum atomic E-state index is -0.190. The number of nitrogens with zero attached hydrogens (tertiary/aromatic N) is 3. The predicted molar refractivity (Wildman–Crippen MR) is 77.6 cm³/mol. The topological polar surface area (TPSA) is 42.2 Å². The summed E-state index contributed by atoms with van der Waals surface area (Å²) in [5.74, 6) is -0.190. The number of rotatable bonds is 4. The van der Waals surface area contributed by atoms with Gasteiger partial charge in [-0.05, 0) is 22.0 Å². The van der Waals surface area contributed by atoms with Gasteiger partial charge in [0, 0.05) is 24.8 Å². The van der Waals surface area contributed by atoms with Crippen LogP contribution in [-0.4, -0.2) is 14.4 Å². The van der Waals surface area contributed by atoms with Crippen LogP contribution in [0.25, 0.3) is 5.65 Å². The van der Waals surface area contributed by atoms with E-state index in [1.165, 1.54) is 6.07 Å². The highest BCUT2D eigenvalue weighted by Crippen LogP contribution is 2.11. The molecule has 0 amide bonds. The summed E-state index contributed by atoms with van der Waals surface area (Å²) in [6.07, 6.45) is 5.35. The molecule has 3 rings (SSSR count). The van der Waals surface area contributed by atoms with Gasteiger partial charge in [0.2, 0.25) is 0 Å². The lowest BCUT2D eigenvalue weighted by atomic mass is 10.2. The Balaban J connectivity index is 1.71. The second-order valence-electron chi connectivity index (χ2n) is 4.38. The molecule has 0 saturated heterocycles. The van der Waals surface area contributed by atoms with Gasteiger partial charge in [0.15, 0.2) is 5.65 Å². The Morgan fingerprint density at radius 3 is 2.85 bits per heavy atom. The molecule has 0 atom stereocenters. The molecule has 0 saturated carbocycles. The third-order valence-corrected chi connectivity index (χ3v) is 3.43. The van der Waals surface area contributed by atoms with Gasteiger partial charge in [-0.2, -0.15) is 0 Å². The maximum atomic E-state index is 13.5. The number of imidazole rings is 1. The largest absolute Gasteiger partial charge is 0.307 e. The quantitative estimate of drug-likeness (QED) is 0.797. The Kier molecular flexibility index (Phi) is 3.75. The zero-order chi connectivity index (χ0) is 13.9. The van der Waals surface area contributed by atoms with Crippen LogP contribution in [0.3, 0.4) is 0 Å². The summed E-state index contributed by atoms with van der Waals surface area (Å²) in [5, 5.41) is 3.22. The first-order valence-corrected chi connectivity index (χ1v) is 6.95. The summed E-state index contributed by atoms with van der Waals surface area (Å²) in [6.45, 7) is 1.08. The monoisotopic (exact) mass is 334 g/mol. The molecule has 20 heavy (non-hydrogen) atoms. The fraction of sp³-hybridized carbons (Fsp3) is 0.143. The van der Waals surface area contributed by atoms with Gasteiger partial charge in [0.05, 0.1) is 18.1 Å². The van der Waals surface area contributed by atoms with Gasteiger partial charge in [-0.15, -0.1) is 0 Å². The van der Waals surface area contributed by atoms with Gasteiger partial charge in [-0.25, -0.2) is 14.4 Å². The average molecular weight is 335 g/mol. The highest BCUT2D eigenvalue weighted by molar-refractivity contribution is 9.10. The molecule has 1 aromatic carbocycles. The van der Waals surface area contributed by atoms with Crippen LogP contribution in [0.2, 0.25) is 0 Å². The average Bonchev–Trinajstić information content (AvgIpc) is 2.83. The van der Waals surface area contributed by atoms with Crippen molar-refractivity contribution in [2.45, 2.75) is 13.1 Å². The first-order valence-electron chi connectivity index (χ1n) is 6.15. The van der Waals surface area contributed by atoms with Crippen molar-refractivity contribution in [1.29, 1.82) is 0 Å². The molecule has 2 heterocycles. The van der Waals surface area contributed by atoms with Crippen LogP contribution in [0.15, 0.2) is 47.5 Å². The van der Waals surface area contributed by atoms with Crippen molar-refractivity contribution in [1.82, 2.24) is 19.7 Å². The van der Waals surface area contributed by atoms with Crippen molar-refractivity contribution in [2.24, 2.45) is 0 Å². The number of aromatic nitrogens is 3. The molecule has 0 aliphatic heterocycles. The van der Waals surface area contributed by atoms with Gasteiger partial charge >= 0.3 is 0 Å². The molecular formula is C14H12BrFN4. The van der Waals surface area contributed by atoms with E-state index in [0.29, 0.717) is 18.7 Å². The number of hydrogen-bond acceptors (Lipinski definition) is 3. The fourth-order valence-electron chi connectivity index (χ4n) is 2.01. The van der Waals surface area contributed by atoms with Crippen LogP contribution in [0.4, 0.5) is 4.39 Å². The summed E-state index contributed by atoms with van der Waals surface area (Å²) < 4.78 is 16.2. The van der Waals surface area contributed by atoms with E-state index in [-0.39, 0.29) is 5.82 Å². The summed E-state index contributed by atoms with van der Waals surface area (Å²) in [7, 11) is 0. The number of benzene rings is 1. The lowest BCUT2D eigenvalue weighted by Crippen LogP contribution is -2.15. The summed E-state index contributed by atoms with van der Waals surface area (Å²) in [5.41, 5.74) is 2.44. The summed E-state index contributed by atoms with van der Waals surface area (Å²) in [4.78, 5) is 8.39. The van der Waals surface area contributed by atoms with Crippen molar-refractivity contribution < 1.29 is 4.39 Å². The van der Waals surface area contributed by atoms with Crippen molar-refractivity contribution in [2.75, 3.05) is 0 Å². The number of fused-ring (bicyclic) bond motifs is 1. The normalized spacial score (nSPS) is 11.1. The first-order chi connectivity index (χ1) is 9.74. The van der Waals surface area contributed by atoms with Crippen molar-refractivity contribution in [3.8, 4) is 0 Å². The highest BCUT2D eigenvalue weighted by atomic mass is 79.9. The van der Waals surface area contributed by atoms with Crippen LogP contribution < -0.4 is 5.32 Å². The Morgan fingerprint density at radius 2 is 2.00 bits per heavy atom. The number of hydrogen-bond donors (Lipinski definition) is 1. The van der Waals surface area contributed by atoms with Gasteiger partial charge in [-0.1, -0.05) is 18.2 Å². The second kappa shape index (κ2) is 5.68. The van der Waals surface area contributed by atoms with Gasteiger partial charge in [-0.3, -0.25) is 4.40 Å². The molecule has 6 heteroatoms. The molecule has 2 aromatic heterocycles. The minimum absolute atomic E-state index is 0.190. The lowest BCUT2D eigenvalue weighted by Gasteiger charge is -2.06. The highest BCUT2D eigenvalue weighted by Gasteiger charge is 2.05. The first kappa shape index (κ1) is 13.2. The zero-order valence-electron chi connectivity index (χ0n) is 10.6. The molecule has 3 aromatic rings. The Morgan fingerprint density at radius 1 is 1.15 bits per heavy atom. The van der Waals surface area contributed by atoms with Gasteiger partial charge < -0.3 is 5.32 Å². The van der Waals surface area contributed by atoms with E-state index in [1.807, 2.05) is 16.7 Å². The third-order valence-electron chi connectivity index (χ3n) is 3.02. The smallest absolute Gasteiger partial charge is 0.155 e. The fourth-order valence-corrected chi connectivity index (χ4v) is 2.32. The van der Waals surface area contributed by atoms with E-state index < -0.39 is 0 Å². The second-order valence-corrected chi connectivity index (χ2v) is 5.20. The van der Waals surface area contributed by atoms with Crippen LogP contribution in [0.5, 0.6) is 0 Å². The SMILES string of the molecule is Fc1ccccc1CNCc1cnc2cnc(Br)cn12. The van der Waals surface area contributed by atoms with Crippen LogP contribution in [0.1, 0.15) is 11.3 Å². The lowest BCUT2D eigenvalue weighted by molar-refractivity contribution is 0.585. The van der Waals surface area contributed by atoms with Crippen molar-refractivity contribution in [3.63, 3.8) is 0 Å². The van der Waals surface area contributed by atoms with Gasteiger partial charge in [0.25, 0.3) is 0 Å². The Labute approximate surface area is 123 Å². The van der Waals surface area contributed by atoms with Gasteiger partial charge in [0.1, 0.15) is 10.4 Å². The molecule has 0 fully saturated rings. The zero-order valence-corrected chi connectivity index (χ0v) is 12.1. The molecule has 102 valence electrons. The minimum Gasteiger partial charge on any atom is -0.307 e. The third kappa shape index (κ3) is 2.71. The maximum Gasteiger partial charge on any atom is 0.155 e. The summed E-state index contributed by atoms with van der Waals surface area (Å²) in [6, 6.07) is 6.76. The van der Waals surface area contributed by atoms with Crippen LogP contribution >= 0.6 is 15.9 Å². The van der Waals surface area contributed by atoms with E-state index >= 15 is 0 Å². The van der Waals surface area contributed by atoms with Crippen LogP contribution in [0, 0.1) is 5.82 Å². The van der Waals surface area contributed by atoms with E-state index in [4.69, 9.17) is 0 Å². The molecule has 0 unspecified atom stereocenters. The van der Waals surface area contributed by atoms with E-state index in [9.17, 15) is 4.39 Å². The Bertz CT molecular complexity index is 741. The molecule has 0 spiro atoms. The maximum absolute atomic E-state index is 13.5. The molecule has 0 bridgehead atoms.